The van der Waals surface area contributed by atoms with E-state index in [2.05, 4.69) is 34.1 Å². The first-order valence-corrected chi connectivity index (χ1v) is 8.03. The lowest BCUT2D eigenvalue weighted by Gasteiger charge is -2.37. The van der Waals surface area contributed by atoms with Crippen LogP contribution in [0.15, 0.2) is 36.4 Å². The van der Waals surface area contributed by atoms with Gasteiger partial charge in [0.25, 0.3) is 0 Å². The molecular formula is C19H21NO3. The maximum Gasteiger partial charge on any atom is 0.101 e. The van der Waals surface area contributed by atoms with Gasteiger partial charge in [0.1, 0.15) is 5.60 Å². The number of rotatable bonds is 2. The van der Waals surface area contributed by atoms with Crippen molar-refractivity contribution in [2.24, 2.45) is 5.92 Å². The van der Waals surface area contributed by atoms with Gasteiger partial charge in [-0.3, -0.25) is 5.26 Å². The Labute approximate surface area is 134 Å². The van der Waals surface area contributed by atoms with E-state index >= 15 is 0 Å². The predicted molar refractivity (Wildman–Crippen MR) is 90.4 cm³/mol. The van der Waals surface area contributed by atoms with Crippen molar-refractivity contribution in [3.63, 3.8) is 0 Å². The molecule has 0 saturated heterocycles. The van der Waals surface area contributed by atoms with Gasteiger partial charge in [-0.15, -0.1) is 0 Å². The molecular weight excluding hydrogens is 290 g/mol. The normalized spacial score (nSPS) is 21.7. The number of aliphatic hydroxyl groups is 1. The summed E-state index contributed by atoms with van der Waals surface area (Å²) in [4.78, 5) is 8.11. The number of hydrogen-bond acceptors (Lipinski definition) is 3. The van der Waals surface area contributed by atoms with Crippen molar-refractivity contribution in [2.45, 2.75) is 38.4 Å². The number of benzene rings is 2. The summed E-state index contributed by atoms with van der Waals surface area (Å²) in [5.41, 5.74) is 3.63. The molecule has 1 aromatic heterocycles. The Hall–Kier alpha value is -1.88. The second-order valence-corrected chi connectivity index (χ2v) is 7.11. The Morgan fingerprint density at radius 2 is 1.91 bits per heavy atom. The summed E-state index contributed by atoms with van der Waals surface area (Å²) in [5, 5.41) is 22.1. The molecule has 1 heterocycles. The largest absolute Gasteiger partial charge is 0.388 e. The summed E-state index contributed by atoms with van der Waals surface area (Å²) in [6.45, 7) is 3.72. The third-order valence-corrected chi connectivity index (χ3v) is 5.32. The van der Waals surface area contributed by atoms with E-state index < -0.39 is 11.7 Å². The molecule has 1 aliphatic carbocycles. The van der Waals surface area contributed by atoms with Crippen LogP contribution in [0.4, 0.5) is 0 Å². The van der Waals surface area contributed by atoms with Crippen LogP contribution in [0, 0.1) is 5.92 Å². The molecule has 3 aromatic rings. The Morgan fingerprint density at radius 1 is 1.13 bits per heavy atom. The molecule has 0 aliphatic heterocycles. The number of aliphatic hydroxyl groups excluding tert-OH is 1. The van der Waals surface area contributed by atoms with E-state index in [1.165, 1.54) is 5.39 Å². The van der Waals surface area contributed by atoms with Crippen molar-refractivity contribution in [3.8, 4) is 0 Å². The third kappa shape index (κ3) is 2.26. The molecule has 2 atom stereocenters. The summed E-state index contributed by atoms with van der Waals surface area (Å²) >= 11 is 0. The molecule has 0 amide bonds. The maximum absolute atomic E-state index is 10.6. The summed E-state index contributed by atoms with van der Waals surface area (Å²) in [7, 11) is 0. The zero-order valence-electron chi connectivity index (χ0n) is 13.3. The Balaban J connectivity index is 1.86. The summed E-state index contributed by atoms with van der Waals surface area (Å²) in [5.74, 6) is 0.0665. The first-order valence-electron chi connectivity index (χ1n) is 8.03. The van der Waals surface area contributed by atoms with E-state index in [1.807, 2.05) is 26.0 Å². The average Bonchev–Trinajstić information content (AvgIpc) is 2.90. The zero-order chi connectivity index (χ0) is 16.2. The van der Waals surface area contributed by atoms with Gasteiger partial charge in [-0.2, -0.15) is 0 Å². The first-order chi connectivity index (χ1) is 11.0. The van der Waals surface area contributed by atoms with Gasteiger partial charge in [0, 0.05) is 21.8 Å². The lowest BCUT2D eigenvalue weighted by Crippen LogP contribution is -2.38. The molecule has 0 spiro atoms. The van der Waals surface area contributed by atoms with Gasteiger partial charge in [-0.05, 0) is 61.9 Å². The third-order valence-electron chi connectivity index (χ3n) is 5.32. The second-order valence-electron chi connectivity index (χ2n) is 7.11. The monoisotopic (exact) mass is 311 g/mol. The van der Waals surface area contributed by atoms with Gasteiger partial charge in [0.15, 0.2) is 0 Å². The van der Waals surface area contributed by atoms with E-state index in [1.54, 1.807) is 0 Å². The van der Waals surface area contributed by atoms with Gasteiger partial charge in [0.05, 0.1) is 6.10 Å². The SMILES string of the molecule is CC(C)(OO)C1Cc2cc3[nH]c4ccccc4c3cc2C(O)C1. The minimum absolute atomic E-state index is 0.0665. The van der Waals surface area contributed by atoms with E-state index in [4.69, 9.17) is 5.26 Å². The smallest absolute Gasteiger partial charge is 0.101 e. The predicted octanol–water partition coefficient (Wildman–Crippen LogP) is 4.19. The molecule has 2 aromatic carbocycles. The molecule has 0 bridgehead atoms. The molecule has 4 heteroatoms. The van der Waals surface area contributed by atoms with Crippen LogP contribution in [0.25, 0.3) is 21.8 Å². The van der Waals surface area contributed by atoms with Crippen molar-refractivity contribution >= 4 is 21.8 Å². The summed E-state index contributed by atoms with van der Waals surface area (Å²) in [6, 6.07) is 12.5. The molecule has 0 fully saturated rings. The lowest BCUT2D eigenvalue weighted by atomic mass is 9.74. The van der Waals surface area contributed by atoms with Crippen molar-refractivity contribution in [2.75, 3.05) is 0 Å². The Kier molecular flexibility index (Phi) is 3.23. The lowest BCUT2D eigenvalue weighted by molar-refractivity contribution is -0.328. The number of para-hydroxylation sites is 1. The van der Waals surface area contributed by atoms with Crippen LogP contribution in [-0.2, 0) is 11.3 Å². The van der Waals surface area contributed by atoms with Crippen molar-refractivity contribution in [1.29, 1.82) is 0 Å². The van der Waals surface area contributed by atoms with Gasteiger partial charge >= 0.3 is 0 Å². The standard InChI is InChI=1S/C19H21NO3/c1-19(2,23-22)12-7-11-8-17-15(10-14(11)18(21)9-12)13-5-3-4-6-16(13)20-17/h3-6,8,10,12,18,20-22H,7,9H2,1-2H3. The van der Waals surface area contributed by atoms with Crippen LogP contribution in [-0.4, -0.2) is 20.9 Å². The first kappa shape index (κ1) is 14.7. The number of fused-ring (bicyclic) bond motifs is 4. The second kappa shape index (κ2) is 5.06. The van der Waals surface area contributed by atoms with E-state index in [0.717, 1.165) is 34.0 Å². The molecule has 0 saturated carbocycles. The molecule has 4 nitrogen and oxygen atoms in total. The van der Waals surface area contributed by atoms with Gasteiger partial charge in [-0.25, -0.2) is 4.89 Å². The number of aromatic nitrogens is 1. The van der Waals surface area contributed by atoms with E-state index in [9.17, 15) is 5.11 Å². The molecule has 3 N–H and O–H groups in total. The minimum Gasteiger partial charge on any atom is -0.388 e. The highest BCUT2D eigenvalue weighted by Gasteiger charge is 2.37. The van der Waals surface area contributed by atoms with Crippen molar-refractivity contribution in [1.82, 2.24) is 4.98 Å². The van der Waals surface area contributed by atoms with Crippen LogP contribution in [0.2, 0.25) is 0 Å². The quantitative estimate of drug-likeness (QED) is 0.491. The fourth-order valence-corrected chi connectivity index (χ4v) is 3.80. The van der Waals surface area contributed by atoms with Crippen molar-refractivity contribution in [3.05, 3.63) is 47.5 Å². The van der Waals surface area contributed by atoms with E-state index in [-0.39, 0.29) is 5.92 Å². The van der Waals surface area contributed by atoms with Crippen LogP contribution >= 0.6 is 0 Å². The molecule has 2 unspecified atom stereocenters. The molecule has 23 heavy (non-hydrogen) atoms. The molecule has 120 valence electrons. The van der Waals surface area contributed by atoms with Crippen LogP contribution < -0.4 is 0 Å². The van der Waals surface area contributed by atoms with Gasteiger partial charge in [-0.1, -0.05) is 18.2 Å². The summed E-state index contributed by atoms with van der Waals surface area (Å²) < 4.78 is 0. The minimum atomic E-state index is -0.673. The Morgan fingerprint density at radius 3 is 2.70 bits per heavy atom. The fourth-order valence-electron chi connectivity index (χ4n) is 3.80. The molecule has 1 aliphatic rings. The number of nitrogens with one attached hydrogen (secondary N) is 1. The molecule has 4 rings (SSSR count). The van der Waals surface area contributed by atoms with Crippen LogP contribution in [0.5, 0.6) is 0 Å². The number of hydrogen-bond donors (Lipinski definition) is 3. The van der Waals surface area contributed by atoms with Gasteiger partial charge in [0.2, 0.25) is 0 Å². The Bertz CT molecular complexity index is 881. The highest BCUT2D eigenvalue weighted by atomic mass is 17.1. The maximum atomic E-state index is 10.6. The fraction of sp³-hybridized carbons (Fsp3) is 0.368. The highest BCUT2D eigenvalue weighted by molar-refractivity contribution is 6.07. The number of H-pyrrole nitrogens is 1. The number of aromatic amines is 1. The van der Waals surface area contributed by atoms with Gasteiger partial charge < -0.3 is 10.1 Å². The van der Waals surface area contributed by atoms with E-state index in [0.29, 0.717) is 6.42 Å². The van der Waals surface area contributed by atoms with Crippen LogP contribution in [0.1, 0.15) is 37.5 Å². The zero-order valence-corrected chi connectivity index (χ0v) is 13.3. The average molecular weight is 311 g/mol. The van der Waals surface area contributed by atoms with Crippen molar-refractivity contribution < 1.29 is 15.3 Å². The highest BCUT2D eigenvalue weighted by Crippen LogP contribution is 2.41. The topological polar surface area (TPSA) is 65.5 Å². The molecule has 0 radical (unpaired) electrons. The summed E-state index contributed by atoms with van der Waals surface area (Å²) in [6.07, 6.45) is 0.843. The van der Waals surface area contributed by atoms with Crippen LogP contribution in [0.3, 0.4) is 0 Å².